The third-order valence-electron chi connectivity index (χ3n) is 11.9. The Morgan fingerprint density at radius 2 is 1.36 bits per heavy atom. The first-order valence-corrected chi connectivity index (χ1v) is 19.7. The van der Waals surface area contributed by atoms with Crippen molar-refractivity contribution in [3.63, 3.8) is 0 Å². The molecule has 266 valence electrons. The van der Waals surface area contributed by atoms with Crippen molar-refractivity contribution in [3.8, 4) is 44.5 Å². The van der Waals surface area contributed by atoms with Gasteiger partial charge in [-0.1, -0.05) is 166 Å². The first-order chi connectivity index (χ1) is 27.2. The average molecular weight is 709 g/mol. The predicted molar refractivity (Wildman–Crippen MR) is 232 cm³/mol. The maximum atomic E-state index is 8.68. The van der Waals surface area contributed by atoms with Gasteiger partial charge in [-0.2, -0.15) is 0 Å². The molecule has 1 aromatic heterocycles. The van der Waals surface area contributed by atoms with Crippen LogP contribution in [0.4, 0.5) is 0 Å². The van der Waals surface area contributed by atoms with E-state index in [0.717, 1.165) is 39.6 Å². The molecule has 0 amide bonds. The number of fused-ring (bicyclic) bond motifs is 11. The van der Waals surface area contributed by atoms with E-state index in [2.05, 4.69) is 152 Å². The summed E-state index contributed by atoms with van der Waals surface area (Å²) in [5.41, 5.74) is 17.2. The number of allylic oxidation sites excluding steroid dienone is 5. The molecule has 0 radical (unpaired) electrons. The van der Waals surface area contributed by atoms with E-state index in [4.69, 9.17) is 10.4 Å². The molecule has 0 aliphatic heterocycles. The number of hydrogen-bond donors (Lipinski definition) is 1. The van der Waals surface area contributed by atoms with Gasteiger partial charge in [0.05, 0.1) is 22.3 Å². The lowest BCUT2D eigenvalue weighted by Crippen LogP contribution is -2.33. The quantitative estimate of drug-likeness (QED) is 0.104. The molecule has 3 aliphatic rings. The van der Waals surface area contributed by atoms with Gasteiger partial charge in [-0.3, -0.25) is 5.41 Å². The van der Waals surface area contributed by atoms with Gasteiger partial charge in [0.1, 0.15) is 0 Å². The Kier molecular flexibility index (Phi) is 8.83. The SMILES string of the molecule is C=C/C=C\C(=N)c1cc(-c2ccccc2)c2cc(-c3cccc(-c4cccc5c4-c4ccccc4C54c5ccccc5C5CCC=CC54)c3)ccc2n1.CC. The van der Waals surface area contributed by atoms with Crippen molar-refractivity contribution in [3.05, 3.63) is 210 Å². The van der Waals surface area contributed by atoms with Crippen LogP contribution in [0.1, 0.15) is 60.6 Å². The molecule has 0 fully saturated rings. The lowest BCUT2D eigenvalue weighted by atomic mass is 9.64. The molecule has 6 aromatic carbocycles. The van der Waals surface area contributed by atoms with E-state index in [0.29, 0.717) is 23.2 Å². The van der Waals surface area contributed by atoms with E-state index in [1.165, 1.54) is 50.9 Å². The molecular formula is C53H44N2. The second-order valence-electron chi connectivity index (χ2n) is 14.5. The molecule has 3 aliphatic carbocycles. The molecule has 1 N–H and O–H groups in total. The standard InChI is InChI=1S/C51H38N2.C2H6/c1-2-3-27-47(52)49-32-41(33-15-5-4-6-16-33)42-31-35(28-29-48(42)53-49)34-17-13-18-36(30-34)37-22-14-26-46-50(37)40-21-9-12-25-45(40)51(46)43-23-10-7-19-38(43)39-20-8-11-24-44(39)51;1-2/h2-7,9-19,21-32,39,44,52H,1,8,20H2;1-2H3/b27-3-,52-47?;. The fourth-order valence-corrected chi connectivity index (χ4v) is 9.75. The van der Waals surface area contributed by atoms with E-state index >= 15 is 0 Å². The smallest absolute Gasteiger partial charge is 0.0892 e. The normalized spacial score (nSPS) is 18.7. The third kappa shape index (κ3) is 5.39. The van der Waals surface area contributed by atoms with Gasteiger partial charge >= 0.3 is 0 Å². The second-order valence-corrected chi connectivity index (χ2v) is 14.5. The minimum atomic E-state index is -0.201. The molecule has 2 heteroatoms. The Balaban J connectivity index is 0.00000195. The van der Waals surface area contributed by atoms with Crippen molar-refractivity contribution in [2.24, 2.45) is 5.92 Å². The topological polar surface area (TPSA) is 36.7 Å². The number of hydrogen-bond acceptors (Lipinski definition) is 2. The molecule has 2 nitrogen and oxygen atoms in total. The molecule has 0 bridgehead atoms. The minimum Gasteiger partial charge on any atom is -0.299 e. The van der Waals surface area contributed by atoms with Gasteiger partial charge in [0, 0.05) is 11.3 Å². The van der Waals surface area contributed by atoms with Crippen LogP contribution in [0, 0.1) is 11.3 Å². The van der Waals surface area contributed by atoms with Gasteiger partial charge in [-0.25, -0.2) is 4.98 Å². The van der Waals surface area contributed by atoms with E-state index in [1.54, 1.807) is 18.2 Å². The summed E-state index contributed by atoms with van der Waals surface area (Å²) in [4.78, 5) is 4.94. The highest BCUT2D eigenvalue weighted by molar-refractivity contribution is 6.09. The summed E-state index contributed by atoms with van der Waals surface area (Å²) in [7, 11) is 0. The summed E-state index contributed by atoms with van der Waals surface area (Å²) < 4.78 is 0. The summed E-state index contributed by atoms with van der Waals surface area (Å²) in [5.74, 6) is 0.917. The molecule has 3 unspecified atom stereocenters. The summed E-state index contributed by atoms with van der Waals surface area (Å²) in [6.07, 6.45) is 12.5. The van der Waals surface area contributed by atoms with Crippen LogP contribution in [0.3, 0.4) is 0 Å². The number of benzene rings is 6. The number of pyridine rings is 1. The Labute approximate surface area is 324 Å². The van der Waals surface area contributed by atoms with Crippen LogP contribution >= 0.6 is 0 Å². The summed E-state index contributed by atoms with van der Waals surface area (Å²) in [6, 6.07) is 53.5. The molecule has 3 atom stereocenters. The van der Waals surface area contributed by atoms with Gasteiger partial charge in [0.25, 0.3) is 0 Å². The number of nitrogens with zero attached hydrogens (tertiary/aromatic N) is 1. The van der Waals surface area contributed by atoms with Crippen LogP contribution in [-0.4, -0.2) is 10.7 Å². The fourth-order valence-electron chi connectivity index (χ4n) is 9.75. The van der Waals surface area contributed by atoms with Crippen molar-refractivity contribution < 1.29 is 0 Å². The zero-order valence-corrected chi connectivity index (χ0v) is 31.5. The van der Waals surface area contributed by atoms with E-state index in [9.17, 15) is 0 Å². The van der Waals surface area contributed by atoms with Crippen molar-refractivity contribution in [1.29, 1.82) is 5.41 Å². The zero-order valence-electron chi connectivity index (χ0n) is 31.5. The number of nitrogens with one attached hydrogen (secondary N) is 1. The first kappa shape index (κ1) is 34.4. The molecule has 7 aromatic rings. The molecule has 0 saturated heterocycles. The van der Waals surface area contributed by atoms with Gasteiger partial charge in [0.15, 0.2) is 0 Å². The zero-order chi connectivity index (χ0) is 37.5. The number of rotatable bonds is 6. The Morgan fingerprint density at radius 1 is 0.673 bits per heavy atom. The van der Waals surface area contributed by atoms with Gasteiger partial charge in [0.2, 0.25) is 0 Å². The molecular weight excluding hydrogens is 665 g/mol. The number of aromatic nitrogens is 1. The van der Waals surface area contributed by atoms with Crippen molar-refractivity contribution >= 4 is 16.6 Å². The molecule has 1 heterocycles. The molecule has 0 saturated carbocycles. The van der Waals surface area contributed by atoms with Crippen molar-refractivity contribution in [2.45, 2.75) is 38.0 Å². The Morgan fingerprint density at radius 3 is 2.22 bits per heavy atom. The Bertz CT molecular complexity index is 2680. The second kappa shape index (κ2) is 14.1. The highest BCUT2D eigenvalue weighted by Crippen LogP contribution is 2.66. The Hall–Kier alpha value is -6.38. The average Bonchev–Trinajstić information content (AvgIpc) is 3.74. The van der Waals surface area contributed by atoms with Crippen LogP contribution < -0.4 is 0 Å². The van der Waals surface area contributed by atoms with Crippen molar-refractivity contribution in [2.75, 3.05) is 0 Å². The van der Waals surface area contributed by atoms with E-state index < -0.39 is 0 Å². The highest BCUT2D eigenvalue weighted by atomic mass is 14.7. The third-order valence-corrected chi connectivity index (χ3v) is 11.9. The lowest BCUT2D eigenvalue weighted by molar-refractivity contribution is 0.399. The summed E-state index contributed by atoms with van der Waals surface area (Å²) >= 11 is 0. The van der Waals surface area contributed by atoms with Crippen LogP contribution in [-0.2, 0) is 5.41 Å². The highest BCUT2D eigenvalue weighted by Gasteiger charge is 2.57. The van der Waals surface area contributed by atoms with Crippen LogP contribution in [0.5, 0.6) is 0 Å². The first-order valence-electron chi connectivity index (χ1n) is 19.7. The molecule has 10 rings (SSSR count). The van der Waals surface area contributed by atoms with E-state index in [-0.39, 0.29) is 5.41 Å². The van der Waals surface area contributed by atoms with Gasteiger partial charge in [-0.05, 0) is 116 Å². The van der Waals surface area contributed by atoms with Crippen LogP contribution in [0.25, 0.3) is 55.4 Å². The van der Waals surface area contributed by atoms with Crippen LogP contribution in [0.15, 0.2) is 183 Å². The largest absolute Gasteiger partial charge is 0.299 e. The molecule has 55 heavy (non-hydrogen) atoms. The van der Waals surface area contributed by atoms with Crippen LogP contribution in [0.2, 0.25) is 0 Å². The van der Waals surface area contributed by atoms with Crippen molar-refractivity contribution in [1.82, 2.24) is 4.98 Å². The minimum absolute atomic E-state index is 0.201. The monoisotopic (exact) mass is 708 g/mol. The van der Waals surface area contributed by atoms with E-state index in [1.807, 2.05) is 26.0 Å². The summed E-state index contributed by atoms with van der Waals surface area (Å²) in [5, 5.41) is 9.75. The van der Waals surface area contributed by atoms with Gasteiger partial charge < -0.3 is 0 Å². The summed E-state index contributed by atoms with van der Waals surface area (Å²) in [6.45, 7) is 7.77. The maximum Gasteiger partial charge on any atom is 0.0892 e. The predicted octanol–water partition coefficient (Wildman–Crippen LogP) is 13.8. The fraction of sp³-hybridized carbons (Fsp3) is 0.132. The maximum absolute atomic E-state index is 8.68. The molecule has 1 spiro atoms. The lowest BCUT2D eigenvalue weighted by Gasteiger charge is -2.37. The van der Waals surface area contributed by atoms with Gasteiger partial charge in [-0.15, -0.1) is 0 Å².